The van der Waals surface area contributed by atoms with Crippen molar-refractivity contribution in [3.8, 4) is 0 Å². The van der Waals surface area contributed by atoms with Gasteiger partial charge < -0.3 is 10.2 Å². The molecule has 0 bridgehead atoms. The van der Waals surface area contributed by atoms with Crippen LogP contribution in [0, 0.1) is 0 Å². The highest BCUT2D eigenvalue weighted by atomic mass is 35.5. The van der Waals surface area contributed by atoms with E-state index in [9.17, 15) is 22.8 Å². The number of halogens is 4. The van der Waals surface area contributed by atoms with Crippen LogP contribution in [0.2, 0.25) is 5.02 Å². The number of hydrogen-bond donors (Lipinski definition) is 1. The second kappa shape index (κ2) is 7.90. The maximum atomic E-state index is 12.9. The molecule has 1 aliphatic heterocycles. The molecule has 4 nitrogen and oxygen atoms in total. The highest BCUT2D eigenvalue weighted by molar-refractivity contribution is 7.10. The lowest BCUT2D eigenvalue weighted by Gasteiger charge is -2.27. The van der Waals surface area contributed by atoms with Crippen LogP contribution in [0.15, 0.2) is 29.6 Å². The molecular formula is C18H16ClF3N2O2S. The number of hydrogen-bond acceptors (Lipinski definition) is 3. The average Bonchev–Trinajstić information content (AvgIpc) is 3.08. The Kier molecular flexibility index (Phi) is 5.76. The normalized spacial score (nSPS) is 14.0. The summed E-state index contributed by atoms with van der Waals surface area (Å²) in [5.74, 6) is -0.666. The Morgan fingerprint density at radius 3 is 2.74 bits per heavy atom. The van der Waals surface area contributed by atoms with E-state index in [1.807, 2.05) is 11.4 Å². The number of amides is 2. The first-order chi connectivity index (χ1) is 12.7. The molecule has 0 spiro atoms. The summed E-state index contributed by atoms with van der Waals surface area (Å²) in [6.07, 6.45) is -3.90. The van der Waals surface area contributed by atoms with Crippen LogP contribution >= 0.6 is 22.9 Å². The summed E-state index contributed by atoms with van der Waals surface area (Å²) in [5, 5.41) is 3.94. The summed E-state index contributed by atoms with van der Waals surface area (Å²) >= 11 is 7.22. The second-order valence-electron chi connectivity index (χ2n) is 6.17. The molecule has 9 heteroatoms. The third kappa shape index (κ3) is 4.81. The Labute approximate surface area is 162 Å². The van der Waals surface area contributed by atoms with Gasteiger partial charge >= 0.3 is 6.18 Å². The number of carbonyl (C=O) groups is 2. The molecule has 0 radical (unpaired) electrons. The zero-order valence-corrected chi connectivity index (χ0v) is 15.7. The lowest BCUT2D eigenvalue weighted by molar-refractivity contribution is -0.137. The summed E-state index contributed by atoms with van der Waals surface area (Å²) in [6.45, 7) is 1.14. The van der Waals surface area contributed by atoms with E-state index in [0.29, 0.717) is 13.1 Å². The van der Waals surface area contributed by atoms with Crippen LogP contribution in [0.3, 0.4) is 0 Å². The highest BCUT2D eigenvalue weighted by Crippen LogP contribution is 2.36. The zero-order valence-electron chi connectivity index (χ0n) is 14.1. The van der Waals surface area contributed by atoms with Gasteiger partial charge in [-0.05, 0) is 41.6 Å². The first-order valence-corrected chi connectivity index (χ1v) is 9.49. The second-order valence-corrected chi connectivity index (χ2v) is 7.58. The number of nitrogens with one attached hydrogen (secondary N) is 1. The van der Waals surface area contributed by atoms with Gasteiger partial charge in [0.15, 0.2) is 0 Å². The van der Waals surface area contributed by atoms with E-state index in [4.69, 9.17) is 11.6 Å². The van der Waals surface area contributed by atoms with E-state index >= 15 is 0 Å². The monoisotopic (exact) mass is 416 g/mol. The predicted octanol–water partition coefficient (Wildman–Crippen LogP) is 4.72. The number of fused-ring (bicyclic) bond motifs is 1. The SMILES string of the molecule is O=C(CCC(=O)N1CCc2sccc2C1)Nc1ccc(Cl)c(C(F)(F)F)c1. The number of rotatable bonds is 4. The summed E-state index contributed by atoms with van der Waals surface area (Å²) in [4.78, 5) is 27.3. The first-order valence-electron chi connectivity index (χ1n) is 8.23. The quantitative estimate of drug-likeness (QED) is 0.783. The molecule has 0 unspecified atom stereocenters. The molecule has 144 valence electrons. The van der Waals surface area contributed by atoms with Crippen molar-refractivity contribution in [1.82, 2.24) is 4.90 Å². The lowest BCUT2D eigenvalue weighted by atomic mass is 10.1. The molecule has 2 aromatic rings. The Bertz CT molecular complexity index is 867. The molecule has 0 saturated heterocycles. The van der Waals surface area contributed by atoms with Gasteiger partial charge in [-0.1, -0.05) is 11.6 Å². The lowest BCUT2D eigenvalue weighted by Crippen LogP contribution is -2.35. The van der Waals surface area contributed by atoms with Crippen LogP contribution in [0.1, 0.15) is 28.8 Å². The van der Waals surface area contributed by atoms with Crippen molar-refractivity contribution in [3.63, 3.8) is 0 Å². The Hall–Kier alpha value is -2.06. The molecule has 0 aliphatic carbocycles. The van der Waals surface area contributed by atoms with Crippen molar-refractivity contribution < 1.29 is 22.8 Å². The number of benzene rings is 1. The molecule has 1 aromatic carbocycles. The number of alkyl halides is 3. The van der Waals surface area contributed by atoms with Gasteiger partial charge in [0.25, 0.3) is 0 Å². The minimum Gasteiger partial charge on any atom is -0.338 e. The molecule has 2 amide bonds. The number of nitrogens with zero attached hydrogens (tertiary/aromatic N) is 1. The Morgan fingerprint density at radius 1 is 1.22 bits per heavy atom. The Morgan fingerprint density at radius 2 is 2.00 bits per heavy atom. The highest BCUT2D eigenvalue weighted by Gasteiger charge is 2.33. The van der Waals surface area contributed by atoms with E-state index in [1.54, 1.807) is 16.2 Å². The Balaban J connectivity index is 1.54. The smallest absolute Gasteiger partial charge is 0.338 e. The van der Waals surface area contributed by atoms with Gasteiger partial charge in [-0.15, -0.1) is 11.3 Å². The molecule has 2 heterocycles. The number of carbonyl (C=O) groups excluding carboxylic acids is 2. The average molecular weight is 417 g/mol. The minimum absolute atomic E-state index is 0.00498. The fourth-order valence-electron chi connectivity index (χ4n) is 2.88. The molecule has 3 rings (SSSR count). The van der Waals surface area contributed by atoms with E-state index in [2.05, 4.69) is 5.32 Å². The summed E-state index contributed by atoms with van der Waals surface area (Å²) in [5.41, 5.74) is 0.105. The topological polar surface area (TPSA) is 49.4 Å². The van der Waals surface area contributed by atoms with Crippen molar-refractivity contribution >= 4 is 40.4 Å². The van der Waals surface area contributed by atoms with E-state index in [0.717, 1.165) is 24.1 Å². The first kappa shape index (κ1) is 19.7. The van der Waals surface area contributed by atoms with Crippen molar-refractivity contribution in [2.45, 2.75) is 32.0 Å². The summed E-state index contributed by atoms with van der Waals surface area (Å²) in [7, 11) is 0. The van der Waals surface area contributed by atoms with Crippen molar-refractivity contribution in [1.29, 1.82) is 0 Å². The van der Waals surface area contributed by atoms with Crippen LogP contribution < -0.4 is 5.32 Å². The zero-order chi connectivity index (χ0) is 19.6. The molecule has 27 heavy (non-hydrogen) atoms. The van der Waals surface area contributed by atoms with Crippen LogP contribution in [-0.2, 0) is 28.7 Å². The molecule has 0 atom stereocenters. The van der Waals surface area contributed by atoms with Crippen LogP contribution in [-0.4, -0.2) is 23.3 Å². The van der Waals surface area contributed by atoms with E-state index < -0.39 is 22.7 Å². The van der Waals surface area contributed by atoms with Gasteiger partial charge in [-0.2, -0.15) is 13.2 Å². The third-order valence-electron chi connectivity index (χ3n) is 4.28. The van der Waals surface area contributed by atoms with Gasteiger partial charge in [0.1, 0.15) is 0 Å². The van der Waals surface area contributed by atoms with Gasteiger partial charge in [-0.3, -0.25) is 9.59 Å². The maximum absolute atomic E-state index is 12.9. The van der Waals surface area contributed by atoms with E-state index in [-0.39, 0.29) is 24.4 Å². The van der Waals surface area contributed by atoms with Crippen molar-refractivity contribution in [2.75, 3.05) is 11.9 Å². The summed E-state index contributed by atoms with van der Waals surface area (Å²) < 4.78 is 38.6. The van der Waals surface area contributed by atoms with Gasteiger partial charge in [0.2, 0.25) is 11.8 Å². The maximum Gasteiger partial charge on any atom is 0.417 e. The minimum atomic E-state index is -4.61. The molecule has 1 aromatic heterocycles. The molecule has 0 saturated carbocycles. The van der Waals surface area contributed by atoms with Gasteiger partial charge in [0, 0.05) is 36.5 Å². The van der Waals surface area contributed by atoms with Crippen LogP contribution in [0.4, 0.5) is 18.9 Å². The standard InChI is InChI=1S/C18H16ClF3N2O2S/c19-14-2-1-12(9-13(14)18(20,21)22)23-16(25)3-4-17(26)24-7-5-15-11(10-24)6-8-27-15/h1-2,6,8-9H,3-5,7,10H2,(H,23,25). The predicted molar refractivity (Wildman–Crippen MR) is 97.8 cm³/mol. The summed E-state index contributed by atoms with van der Waals surface area (Å²) in [6, 6.07) is 5.15. The fourth-order valence-corrected chi connectivity index (χ4v) is 4.00. The van der Waals surface area contributed by atoms with Crippen LogP contribution in [0.5, 0.6) is 0 Å². The van der Waals surface area contributed by atoms with Crippen molar-refractivity contribution in [3.05, 3.63) is 50.7 Å². The number of thiophene rings is 1. The molecule has 1 N–H and O–H groups in total. The van der Waals surface area contributed by atoms with Gasteiger partial charge in [0.05, 0.1) is 10.6 Å². The van der Waals surface area contributed by atoms with Gasteiger partial charge in [-0.25, -0.2) is 0 Å². The fraction of sp³-hybridized carbons (Fsp3) is 0.333. The number of anilines is 1. The largest absolute Gasteiger partial charge is 0.417 e. The van der Waals surface area contributed by atoms with E-state index in [1.165, 1.54) is 10.9 Å². The molecule has 1 aliphatic rings. The molecular weight excluding hydrogens is 401 g/mol. The third-order valence-corrected chi connectivity index (χ3v) is 5.63. The van der Waals surface area contributed by atoms with Crippen LogP contribution in [0.25, 0.3) is 0 Å². The molecule has 0 fully saturated rings. The van der Waals surface area contributed by atoms with Crippen molar-refractivity contribution in [2.24, 2.45) is 0 Å².